The average Bonchev–Trinajstić information content (AvgIpc) is 2.35. The van der Waals surface area contributed by atoms with Crippen molar-refractivity contribution in [3.05, 3.63) is 29.8 Å². The van der Waals surface area contributed by atoms with E-state index in [9.17, 15) is 4.79 Å². The Morgan fingerprint density at radius 1 is 1.38 bits per heavy atom. The van der Waals surface area contributed by atoms with E-state index in [1.54, 1.807) is 31.2 Å². The molecule has 88 valence electrons. The van der Waals surface area contributed by atoms with E-state index in [4.69, 9.17) is 10.2 Å². The van der Waals surface area contributed by atoms with Crippen LogP contribution in [0.3, 0.4) is 0 Å². The van der Waals surface area contributed by atoms with Gasteiger partial charge in [0.2, 0.25) is 5.91 Å². The second-order valence-corrected chi connectivity index (χ2v) is 3.19. The van der Waals surface area contributed by atoms with E-state index in [0.29, 0.717) is 17.7 Å². The van der Waals surface area contributed by atoms with Crippen LogP contribution in [0.5, 0.6) is 0 Å². The summed E-state index contributed by atoms with van der Waals surface area (Å²) in [4.78, 5) is 11.6. The fourth-order valence-electron chi connectivity index (χ4n) is 1.40. The molecule has 16 heavy (non-hydrogen) atoms. The number of para-hydroxylation sites is 1. The van der Waals surface area contributed by atoms with Crippen LogP contribution < -0.4 is 10.4 Å². The van der Waals surface area contributed by atoms with Crippen LogP contribution in [-0.4, -0.2) is 22.9 Å². The van der Waals surface area contributed by atoms with Crippen molar-refractivity contribution < 1.29 is 15.0 Å². The number of hydrogen-bond acceptors (Lipinski definition) is 4. The molecule has 5 nitrogen and oxygen atoms in total. The molecule has 0 saturated carbocycles. The molecule has 5 heteroatoms. The molecule has 0 atom stereocenters. The highest BCUT2D eigenvalue weighted by molar-refractivity contribution is 5.92. The number of rotatable bonds is 5. The smallest absolute Gasteiger partial charge is 0.241 e. The third kappa shape index (κ3) is 2.79. The van der Waals surface area contributed by atoms with Crippen molar-refractivity contribution in [1.82, 2.24) is 5.43 Å². The summed E-state index contributed by atoms with van der Waals surface area (Å²) in [6, 6.07) is 6.98. The molecule has 0 aliphatic carbocycles. The summed E-state index contributed by atoms with van der Waals surface area (Å²) < 4.78 is 0. The fraction of sp³-hybridized carbons (Fsp3) is 0.364. The number of aliphatic hydroxyl groups excluding tert-OH is 2. The summed E-state index contributed by atoms with van der Waals surface area (Å²) in [5.41, 5.74) is 3.74. The van der Waals surface area contributed by atoms with E-state index in [-0.39, 0.29) is 19.2 Å². The predicted octanol–water partition coefficient (Wildman–Crippen LogP) is 0.376. The summed E-state index contributed by atoms with van der Waals surface area (Å²) in [6.07, 6.45) is 0.312. The normalized spacial score (nSPS) is 10.2. The lowest BCUT2D eigenvalue weighted by Crippen LogP contribution is -2.43. The van der Waals surface area contributed by atoms with Crippen LogP contribution in [-0.2, 0) is 11.4 Å². The van der Waals surface area contributed by atoms with E-state index in [0.717, 1.165) is 0 Å². The molecule has 1 aromatic carbocycles. The van der Waals surface area contributed by atoms with Gasteiger partial charge in [-0.25, -0.2) is 10.4 Å². The van der Waals surface area contributed by atoms with Gasteiger partial charge in [-0.15, -0.1) is 0 Å². The molecule has 0 radical (unpaired) electrons. The summed E-state index contributed by atoms with van der Waals surface area (Å²) in [5.74, 6) is -0.171. The number of hydrogen-bond donors (Lipinski definition) is 3. The zero-order chi connectivity index (χ0) is 12.0. The molecule has 0 fully saturated rings. The largest absolute Gasteiger partial charge is 0.392 e. The number of anilines is 1. The number of benzene rings is 1. The Morgan fingerprint density at radius 3 is 2.62 bits per heavy atom. The van der Waals surface area contributed by atoms with Gasteiger partial charge in [0.15, 0.2) is 0 Å². The zero-order valence-corrected chi connectivity index (χ0v) is 9.18. The predicted molar refractivity (Wildman–Crippen MR) is 60.4 cm³/mol. The van der Waals surface area contributed by atoms with Gasteiger partial charge in [0, 0.05) is 12.0 Å². The van der Waals surface area contributed by atoms with Crippen molar-refractivity contribution >= 4 is 11.6 Å². The van der Waals surface area contributed by atoms with Crippen molar-refractivity contribution in [2.24, 2.45) is 0 Å². The maximum Gasteiger partial charge on any atom is 0.241 e. The Morgan fingerprint density at radius 2 is 2.06 bits per heavy atom. The van der Waals surface area contributed by atoms with Gasteiger partial charge >= 0.3 is 0 Å². The molecule has 0 saturated heterocycles. The lowest BCUT2D eigenvalue weighted by atomic mass is 10.2. The van der Waals surface area contributed by atoms with Gasteiger partial charge in [-0.3, -0.25) is 4.79 Å². The fourth-order valence-corrected chi connectivity index (χ4v) is 1.40. The third-order valence-corrected chi connectivity index (χ3v) is 2.18. The minimum absolute atomic E-state index is 0.156. The molecule has 0 bridgehead atoms. The molecule has 3 N–H and O–H groups in total. The second kappa shape index (κ2) is 6.22. The maximum absolute atomic E-state index is 11.6. The van der Waals surface area contributed by atoms with Gasteiger partial charge in [0.1, 0.15) is 6.73 Å². The van der Waals surface area contributed by atoms with Crippen LogP contribution in [0.25, 0.3) is 0 Å². The second-order valence-electron chi connectivity index (χ2n) is 3.19. The molecule has 1 amide bonds. The highest BCUT2D eigenvalue weighted by Gasteiger charge is 2.15. The summed E-state index contributed by atoms with van der Waals surface area (Å²) >= 11 is 0. The van der Waals surface area contributed by atoms with E-state index in [1.807, 2.05) is 0 Å². The first-order valence-electron chi connectivity index (χ1n) is 5.10. The number of nitrogens with one attached hydrogen (secondary N) is 1. The van der Waals surface area contributed by atoms with E-state index in [1.165, 1.54) is 5.01 Å². The van der Waals surface area contributed by atoms with Gasteiger partial charge in [0.25, 0.3) is 0 Å². The number of aliphatic hydroxyl groups is 2. The maximum atomic E-state index is 11.6. The monoisotopic (exact) mass is 224 g/mol. The molecule has 1 aromatic rings. The van der Waals surface area contributed by atoms with Gasteiger partial charge in [-0.05, 0) is 6.07 Å². The molecule has 0 aromatic heterocycles. The topological polar surface area (TPSA) is 72.8 Å². The molecule has 0 heterocycles. The Balaban J connectivity index is 3.04. The first kappa shape index (κ1) is 12.6. The third-order valence-electron chi connectivity index (χ3n) is 2.18. The SMILES string of the molecule is CCC(=O)N(NCO)c1ccccc1CO. The quantitative estimate of drug-likeness (QED) is 0.499. The highest BCUT2D eigenvalue weighted by atomic mass is 16.3. The minimum Gasteiger partial charge on any atom is -0.392 e. The first-order valence-corrected chi connectivity index (χ1v) is 5.10. The number of amides is 1. The summed E-state index contributed by atoms with van der Waals surface area (Å²) in [7, 11) is 0. The molecule has 0 aliphatic heterocycles. The Bertz CT molecular complexity index is 355. The van der Waals surface area contributed by atoms with Gasteiger partial charge in [-0.2, -0.15) is 0 Å². The van der Waals surface area contributed by atoms with Gasteiger partial charge in [0.05, 0.1) is 12.3 Å². The molecule has 0 spiro atoms. The van der Waals surface area contributed by atoms with Crippen molar-refractivity contribution in [3.8, 4) is 0 Å². The van der Waals surface area contributed by atoms with Crippen LogP contribution in [0.1, 0.15) is 18.9 Å². The number of carbonyl (C=O) groups is 1. The lowest BCUT2D eigenvalue weighted by Gasteiger charge is -2.23. The lowest BCUT2D eigenvalue weighted by molar-refractivity contribution is -0.119. The zero-order valence-electron chi connectivity index (χ0n) is 9.18. The standard InChI is InChI=1S/C11H16N2O3/c1-2-11(16)13(12-8-15)10-6-4-3-5-9(10)7-14/h3-6,12,14-15H,2,7-8H2,1H3. The molecule has 0 aliphatic rings. The Kier molecular flexibility index (Phi) is 4.91. The first-order chi connectivity index (χ1) is 7.74. The highest BCUT2D eigenvalue weighted by Crippen LogP contribution is 2.19. The number of hydrazine groups is 1. The molecule has 0 unspecified atom stereocenters. The number of carbonyl (C=O) groups excluding carboxylic acids is 1. The number of nitrogens with zero attached hydrogens (tertiary/aromatic N) is 1. The molecular formula is C11H16N2O3. The van der Waals surface area contributed by atoms with Crippen LogP contribution in [0.4, 0.5) is 5.69 Å². The molecule has 1 rings (SSSR count). The van der Waals surface area contributed by atoms with Crippen molar-refractivity contribution in [1.29, 1.82) is 0 Å². The van der Waals surface area contributed by atoms with E-state index < -0.39 is 0 Å². The van der Waals surface area contributed by atoms with Gasteiger partial charge < -0.3 is 10.2 Å². The van der Waals surface area contributed by atoms with E-state index >= 15 is 0 Å². The van der Waals surface area contributed by atoms with E-state index in [2.05, 4.69) is 5.43 Å². The summed E-state index contributed by atoms with van der Waals surface area (Å²) in [6.45, 7) is 1.23. The van der Waals surface area contributed by atoms with Crippen LogP contribution in [0.15, 0.2) is 24.3 Å². The van der Waals surface area contributed by atoms with Crippen LogP contribution in [0, 0.1) is 0 Å². The Hall–Kier alpha value is -1.43. The van der Waals surface area contributed by atoms with Crippen LogP contribution in [0.2, 0.25) is 0 Å². The van der Waals surface area contributed by atoms with Crippen LogP contribution >= 0.6 is 0 Å². The Labute approximate surface area is 94.3 Å². The van der Waals surface area contributed by atoms with Gasteiger partial charge in [-0.1, -0.05) is 25.1 Å². The van der Waals surface area contributed by atoms with Crippen molar-refractivity contribution in [2.75, 3.05) is 11.7 Å². The van der Waals surface area contributed by atoms with Crippen molar-refractivity contribution in [3.63, 3.8) is 0 Å². The minimum atomic E-state index is -0.342. The molecular weight excluding hydrogens is 208 g/mol. The average molecular weight is 224 g/mol. The van der Waals surface area contributed by atoms with Crippen molar-refractivity contribution in [2.45, 2.75) is 20.0 Å². The summed E-state index contributed by atoms with van der Waals surface area (Å²) in [5, 5.41) is 19.3.